The van der Waals surface area contributed by atoms with E-state index in [0.717, 1.165) is 5.69 Å². The first-order valence-electron chi connectivity index (χ1n) is 3.71. The average molecular weight is 171 g/mol. The van der Waals surface area contributed by atoms with E-state index in [1.807, 2.05) is 11.6 Å². The van der Waals surface area contributed by atoms with Crippen LogP contribution in [-0.2, 0) is 0 Å². The van der Waals surface area contributed by atoms with E-state index in [4.69, 9.17) is 0 Å². The number of aromatic nitrogens is 3. The molecule has 1 rings (SSSR count). The van der Waals surface area contributed by atoms with Gasteiger partial charge in [-0.05, 0) is 12.8 Å². The molecule has 1 heterocycles. The number of hydrogen-bond donors (Lipinski definition) is 1. The Morgan fingerprint density at radius 3 is 2.45 bits per heavy atom. The fourth-order valence-electron chi connectivity index (χ4n) is 0.955. The second kappa shape index (κ2) is 3.26. The standard InChI is InChI=1S/C7H13N3S/c1-5(2)7-4-8-9-10(7)6(3)11/h4-6,11H,1-3H3. The van der Waals surface area contributed by atoms with Gasteiger partial charge < -0.3 is 0 Å². The molecule has 0 N–H and O–H groups in total. The van der Waals surface area contributed by atoms with Crippen LogP contribution in [0.3, 0.4) is 0 Å². The third kappa shape index (κ3) is 1.74. The first-order chi connectivity index (χ1) is 5.13. The molecule has 0 amide bonds. The Balaban J connectivity index is 2.96. The molecule has 0 aromatic carbocycles. The molecular weight excluding hydrogens is 158 g/mol. The maximum absolute atomic E-state index is 4.28. The van der Waals surface area contributed by atoms with Crippen LogP contribution >= 0.6 is 12.6 Å². The predicted octanol–water partition coefficient (Wildman–Crippen LogP) is 1.85. The molecule has 0 aliphatic carbocycles. The number of thiol groups is 1. The van der Waals surface area contributed by atoms with Crippen LogP contribution < -0.4 is 0 Å². The third-order valence-corrected chi connectivity index (χ3v) is 1.77. The Morgan fingerprint density at radius 2 is 2.09 bits per heavy atom. The molecule has 1 unspecified atom stereocenters. The van der Waals surface area contributed by atoms with Crippen molar-refractivity contribution in [2.75, 3.05) is 0 Å². The topological polar surface area (TPSA) is 30.7 Å². The van der Waals surface area contributed by atoms with Gasteiger partial charge in [-0.15, -0.1) is 5.10 Å². The molecule has 1 aromatic heterocycles. The quantitative estimate of drug-likeness (QED) is 0.688. The first-order valence-corrected chi connectivity index (χ1v) is 4.22. The second-order valence-electron chi connectivity index (χ2n) is 2.89. The highest BCUT2D eigenvalue weighted by molar-refractivity contribution is 7.80. The molecule has 0 spiro atoms. The zero-order chi connectivity index (χ0) is 8.43. The molecule has 0 fully saturated rings. The van der Waals surface area contributed by atoms with Gasteiger partial charge in [0.05, 0.1) is 17.3 Å². The minimum Gasteiger partial charge on any atom is -0.237 e. The molecule has 1 aromatic rings. The van der Waals surface area contributed by atoms with Crippen molar-refractivity contribution in [2.24, 2.45) is 0 Å². The van der Waals surface area contributed by atoms with Crippen LogP contribution in [0.1, 0.15) is 37.8 Å². The maximum atomic E-state index is 4.28. The second-order valence-corrected chi connectivity index (χ2v) is 3.64. The van der Waals surface area contributed by atoms with Crippen molar-refractivity contribution < 1.29 is 0 Å². The Kier molecular flexibility index (Phi) is 2.54. The van der Waals surface area contributed by atoms with Gasteiger partial charge in [0.15, 0.2) is 0 Å². The van der Waals surface area contributed by atoms with Gasteiger partial charge in [-0.1, -0.05) is 19.1 Å². The fraction of sp³-hybridized carbons (Fsp3) is 0.714. The van der Waals surface area contributed by atoms with E-state index < -0.39 is 0 Å². The summed E-state index contributed by atoms with van der Waals surface area (Å²) in [5.74, 6) is 0.458. The summed E-state index contributed by atoms with van der Waals surface area (Å²) < 4.78 is 1.83. The van der Waals surface area contributed by atoms with Gasteiger partial charge in [0, 0.05) is 0 Å². The van der Waals surface area contributed by atoms with Gasteiger partial charge in [-0.2, -0.15) is 12.6 Å². The lowest BCUT2D eigenvalue weighted by atomic mass is 10.1. The smallest absolute Gasteiger partial charge is 0.0935 e. The van der Waals surface area contributed by atoms with Crippen LogP contribution in [0, 0.1) is 0 Å². The third-order valence-electron chi connectivity index (χ3n) is 1.55. The van der Waals surface area contributed by atoms with Crippen LogP contribution in [0.25, 0.3) is 0 Å². The van der Waals surface area contributed by atoms with Crippen molar-refractivity contribution in [3.8, 4) is 0 Å². The maximum Gasteiger partial charge on any atom is 0.0935 e. The molecular formula is C7H13N3S. The molecule has 1 atom stereocenters. The van der Waals surface area contributed by atoms with E-state index in [9.17, 15) is 0 Å². The Morgan fingerprint density at radius 1 is 1.45 bits per heavy atom. The molecule has 62 valence electrons. The lowest BCUT2D eigenvalue weighted by Gasteiger charge is -2.10. The highest BCUT2D eigenvalue weighted by Gasteiger charge is 2.09. The van der Waals surface area contributed by atoms with Gasteiger partial charge >= 0.3 is 0 Å². The first kappa shape index (κ1) is 8.59. The Hall–Kier alpha value is -0.510. The number of nitrogens with zero attached hydrogens (tertiary/aromatic N) is 3. The molecule has 0 radical (unpaired) electrons. The van der Waals surface area contributed by atoms with E-state index in [0.29, 0.717) is 5.92 Å². The summed E-state index contributed by atoms with van der Waals surface area (Å²) in [5.41, 5.74) is 1.13. The van der Waals surface area contributed by atoms with Crippen LogP contribution in [0.5, 0.6) is 0 Å². The SMILES string of the molecule is CC(C)c1cnnn1C(C)S. The van der Waals surface area contributed by atoms with Gasteiger partial charge in [-0.3, -0.25) is 0 Å². The lowest BCUT2D eigenvalue weighted by molar-refractivity contribution is 0.570. The Labute approximate surface area is 72.2 Å². The van der Waals surface area contributed by atoms with Crippen molar-refractivity contribution in [3.63, 3.8) is 0 Å². The number of rotatable bonds is 2. The zero-order valence-electron chi connectivity index (χ0n) is 7.02. The molecule has 11 heavy (non-hydrogen) atoms. The summed E-state index contributed by atoms with van der Waals surface area (Å²) in [6, 6.07) is 0. The van der Waals surface area contributed by atoms with Crippen molar-refractivity contribution >= 4 is 12.6 Å². The van der Waals surface area contributed by atoms with Gasteiger partial charge in [0.25, 0.3) is 0 Å². The molecule has 3 nitrogen and oxygen atoms in total. The van der Waals surface area contributed by atoms with Gasteiger partial charge in [-0.25, -0.2) is 4.68 Å². The summed E-state index contributed by atoms with van der Waals surface area (Å²) in [5, 5.41) is 7.86. The van der Waals surface area contributed by atoms with Crippen molar-refractivity contribution in [2.45, 2.75) is 32.1 Å². The normalized spacial score (nSPS) is 13.9. The van der Waals surface area contributed by atoms with Crippen molar-refractivity contribution in [1.29, 1.82) is 0 Å². The van der Waals surface area contributed by atoms with Gasteiger partial charge in [0.1, 0.15) is 0 Å². The highest BCUT2D eigenvalue weighted by atomic mass is 32.1. The molecule has 0 saturated carbocycles. The summed E-state index contributed by atoms with van der Waals surface area (Å²) in [7, 11) is 0. The fourth-order valence-corrected chi connectivity index (χ4v) is 1.14. The summed E-state index contributed by atoms with van der Waals surface area (Å²) in [4.78, 5) is 0. The molecule has 0 aliphatic rings. The van der Waals surface area contributed by atoms with E-state index >= 15 is 0 Å². The largest absolute Gasteiger partial charge is 0.237 e. The molecule has 4 heteroatoms. The lowest BCUT2D eigenvalue weighted by Crippen LogP contribution is -2.06. The monoisotopic (exact) mass is 171 g/mol. The van der Waals surface area contributed by atoms with Crippen LogP contribution in [0.4, 0.5) is 0 Å². The minimum atomic E-state index is 0.106. The van der Waals surface area contributed by atoms with E-state index in [-0.39, 0.29) is 5.37 Å². The zero-order valence-corrected chi connectivity index (χ0v) is 7.92. The predicted molar refractivity (Wildman–Crippen MR) is 47.8 cm³/mol. The van der Waals surface area contributed by atoms with Crippen molar-refractivity contribution in [3.05, 3.63) is 11.9 Å². The van der Waals surface area contributed by atoms with E-state index in [2.05, 4.69) is 36.8 Å². The minimum absolute atomic E-state index is 0.106. The van der Waals surface area contributed by atoms with Crippen LogP contribution in [0.2, 0.25) is 0 Å². The molecule has 0 saturated heterocycles. The van der Waals surface area contributed by atoms with Crippen LogP contribution in [0.15, 0.2) is 6.20 Å². The summed E-state index contributed by atoms with van der Waals surface area (Å²) >= 11 is 4.28. The highest BCUT2D eigenvalue weighted by Crippen LogP contribution is 2.17. The van der Waals surface area contributed by atoms with E-state index in [1.54, 1.807) is 6.20 Å². The summed E-state index contributed by atoms with van der Waals surface area (Å²) in [6.07, 6.45) is 1.79. The number of hydrogen-bond acceptors (Lipinski definition) is 3. The van der Waals surface area contributed by atoms with Gasteiger partial charge in [0.2, 0.25) is 0 Å². The average Bonchev–Trinajstić information content (AvgIpc) is 2.32. The molecule has 0 bridgehead atoms. The van der Waals surface area contributed by atoms with Crippen LogP contribution in [-0.4, -0.2) is 15.0 Å². The summed E-state index contributed by atoms with van der Waals surface area (Å²) in [6.45, 7) is 6.21. The van der Waals surface area contributed by atoms with E-state index in [1.165, 1.54) is 0 Å². The molecule has 0 aliphatic heterocycles. The Bertz CT molecular complexity index is 207. The van der Waals surface area contributed by atoms with Crippen molar-refractivity contribution in [1.82, 2.24) is 15.0 Å².